The Hall–Kier alpha value is -1.13. The Morgan fingerprint density at radius 1 is 1.44 bits per heavy atom. The molecule has 4 heteroatoms. The van der Waals surface area contributed by atoms with Crippen LogP contribution in [0.1, 0.15) is 5.56 Å². The third-order valence-electron chi connectivity index (χ3n) is 2.84. The summed E-state index contributed by atoms with van der Waals surface area (Å²) in [7, 11) is -1.38. The highest BCUT2D eigenvalue weighted by molar-refractivity contribution is 6.54. The van der Waals surface area contributed by atoms with E-state index in [4.69, 9.17) is 9.16 Å². The molecule has 1 saturated heterocycles. The lowest BCUT2D eigenvalue weighted by Gasteiger charge is -2.29. The molecular weight excluding hydrogens is 220 g/mol. The Morgan fingerprint density at radius 3 is 2.69 bits per heavy atom. The molecule has 0 amide bonds. The molecule has 1 aliphatic heterocycles. The number of ether oxygens (including phenoxy) is 1. The molecule has 1 atom stereocenters. The zero-order valence-electron chi connectivity index (χ0n) is 9.39. The van der Waals surface area contributed by atoms with E-state index < -0.39 is 9.04 Å². The summed E-state index contributed by atoms with van der Waals surface area (Å²) in [6.45, 7) is 3.61. The van der Waals surface area contributed by atoms with Gasteiger partial charge in [-0.05, 0) is 12.1 Å². The van der Waals surface area contributed by atoms with Crippen molar-refractivity contribution < 1.29 is 14.0 Å². The van der Waals surface area contributed by atoms with Crippen molar-refractivity contribution in [3.8, 4) is 0 Å². The van der Waals surface area contributed by atoms with Crippen LogP contribution in [0, 0.1) is 0 Å². The van der Waals surface area contributed by atoms with Crippen molar-refractivity contribution in [2.24, 2.45) is 0 Å². The van der Waals surface area contributed by atoms with Crippen LogP contribution in [0.3, 0.4) is 0 Å². The molecule has 0 bridgehead atoms. The summed E-state index contributed by atoms with van der Waals surface area (Å²) in [5.74, 6) is -0.0998. The molecule has 1 unspecified atom stereocenters. The molecule has 0 spiro atoms. The third-order valence-corrected chi connectivity index (χ3v) is 5.18. The molecule has 0 saturated carbocycles. The van der Waals surface area contributed by atoms with Crippen molar-refractivity contribution in [1.29, 1.82) is 0 Å². The summed E-state index contributed by atoms with van der Waals surface area (Å²) in [6.07, 6.45) is 0.381. The van der Waals surface area contributed by atoms with Gasteiger partial charge in [0.15, 0.2) is 0 Å². The van der Waals surface area contributed by atoms with Gasteiger partial charge in [0.1, 0.15) is 0 Å². The molecule has 2 rings (SSSR count). The van der Waals surface area contributed by atoms with Crippen molar-refractivity contribution in [3.63, 3.8) is 0 Å². The summed E-state index contributed by atoms with van der Waals surface area (Å²) in [5, 5.41) is 0. The van der Waals surface area contributed by atoms with E-state index in [1.165, 1.54) is 0 Å². The van der Waals surface area contributed by atoms with E-state index in [2.05, 4.69) is 6.55 Å². The van der Waals surface area contributed by atoms with Crippen molar-refractivity contribution in [1.82, 2.24) is 0 Å². The topological polar surface area (TPSA) is 35.5 Å². The molecule has 0 N–H and O–H groups in total. The molecule has 0 aromatic heterocycles. The molecule has 16 heavy (non-hydrogen) atoms. The largest absolute Gasteiger partial charge is 0.522 e. The number of hydrogen-bond donors (Lipinski definition) is 0. The summed E-state index contributed by atoms with van der Waals surface area (Å²) in [4.78, 5) is 11.6. The van der Waals surface area contributed by atoms with Crippen LogP contribution in [0.4, 0.5) is 0 Å². The van der Waals surface area contributed by atoms with E-state index >= 15 is 0 Å². The number of benzene rings is 1. The minimum atomic E-state index is -1.38. The highest BCUT2D eigenvalue weighted by atomic mass is 28.3. The van der Waals surface area contributed by atoms with Gasteiger partial charge < -0.3 is 9.16 Å². The van der Waals surface area contributed by atoms with Gasteiger partial charge in [-0.1, -0.05) is 30.3 Å². The molecule has 1 aliphatic rings. The fourth-order valence-corrected chi connectivity index (χ4v) is 3.14. The van der Waals surface area contributed by atoms with Gasteiger partial charge in [-0.3, -0.25) is 4.79 Å². The van der Waals surface area contributed by atoms with Gasteiger partial charge in [-0.15, -0.1) is 0 Å². The van der Waals surface area contributed by atoms with E-state index in [0.717, 1.165) is 18.8 Å². The van der Waals surface area contributed by atoms with Gasteiger partial charge in [0, 0.05) is 5.54 Å². The van der Waals surface area contributed by atoms with Crippen LogP contribution in [-0.2, 0) is 20.4 Å². The maximum absolute atomic E-state index is 11.6. The van der Waals surface area contributed by atoms with Gasteiger partial charge >= 0.3 is 0 Å². The first-order valence-electron chi connectivity index (χ1n) is 5.57. The summed E-state index contributed by atoms with van der Waals surface area (Å²) < 4.78 is 10.6. The Morgan fingerprint density at radius 2 is 2.12 bits per heavy atom. The predicted molar refractivity (Wildman–Crippen MR) is 63.8 cm³/mol. The van der Waals surface area contributed by atoms with Gasteiger partial charge in [0.25, 0.3) is 5.97 Å². The molecule has 1 aromatic rings. The molecule has 0 aliphatic carbocycles. The minimum Gasteiger partial charge on any atom is -0.522 e. The van der Waals surface area contributed by atoms with Gasteiger partial charge in [-0.25, -0.2) is 0 Å². The van der Waals surface area contributed by atoms with E-state index in [9.17, 15) is 4.79 Å². The van der Waals surface area contributed by atoms with E-state index in [-0.39, 0.29) is 5.97 Å². The second kappa shape index (κ2) is 5.27. The fourth-order valence-electron chi connectivity index (χ4n) is 1.63. The first-order valence-corrected chi connectivity index (χ1v) is 7.86. The maximum atomic E-state index is 11.6. The van der Waals surface area contributed by atoms with Crippen molar-refractivity contribution in [3.05, 3.63) is 35.9 Å². The fraction of sp³-hybridized carbons (Fsp3) is 0.417. The Kier molecular flexibility index (Phi) is 3.74. The van der Waals surface area contributed by atoms with Gasteiger partial charge in [-0.2, -0.15) is 0 Å². The van der Waals surface area contributed by atoms with E-state index in [1.54, 1.807) is 0 Å². The number of carbonyl (C=O) groups excluding carboxylic acids is 1. The second-order valence-electron chi connectivity index (χ2n) is 4.15. The van der Waals surface area contributed by atoms with Crippen LogP contribution >= 0.6 is 0 Å². The minimum absolute atomic E-state index is 0.0998. The lowest BCUT2D eigenvalue weighted by atomic mass is 10.2. The molecule has 86 valence electrons. The summed E-state index contributed by atoms with van der Waals surface area (Å²) in [6, 6.07) is 9.70. The monoisotopic (exact) mass is 236 g/mol. The molecular formula is C12H16O3Si. The number of carbonyl (C=O) groups is 1. The summed E-state index contributed by atoms with van der Waals surface area (Å²) >= 11 is 0. The lowest BCUT2D eigenvalue weighted by molar-refractivity contribution is -0.134. The van der Waals surface area contributed by atoms with Crippen LogP contribution in [0.15, 0.2) is 30.3 Å². The molecule has 1 fully saturated rings. The Balaban J connectivity index is 1.80. The quantitative estimate of drug-likeness (QED) is 0.744. The Labute approximate surface area is 97.1 Å². The predicted octanol–water partition coefficient (Wildman–Crippen LogP) is 1.53. The van der Waals surface area contributed by atoms with Crippen LogP contribution in [0.2, 0.25) is 12.1 Å². The van der Waals surface area contributed by atoms with Crippen LogP contribution in [0.5, 0.6) is 0 Å². The molecule has 3 nitrogen and oxygen atoms in total. The lowest BCUT2D eigenvalue weighted by Crippen LogP contribution is -2.37. The normalized spacial score (nSPS) is 17.6. The average Bonchev–Trinajstić information content (AvgIpc) is 2.15. The smallest absolute Gasteiger partial charge is 0.296 e. The Bertz CT molecular complexity index is 349. The van der Waals surface area contributed by atoms with Crippen molar-refractivity contribution >= 4 is 15.0 Å². The average molecular weight is 236 g/mol. The van der Waals surface area contributed by atoms with Gasteiger partial charge in [0.05, 0.1) is 19.6 Å². The highest BCUT2D eigenvalue weighted by Gasteiger charge is 2.29. The summed E-state index contributed by atoms with van der Waals surface area (Å²) in [5.41, 5.74) is 1.53. The second-order valence-corrected chi connectivity index (χ2v) is 6.74. The number of rotatable bonds is 4. The molecule has 1 heterocycles. The maximum Gasteiger partial charge on any atom is 0.296 e. The van der Waals surface area contributed by atoms with E-state index in [1.807, 2.05) is 30.3 Å². The zero-order chi connectivity index (χ0) is 11.4. The molecule has 0 radical (unpaired) electrons. The van der Waals surface area contributed by atoms with Crippen molar-refractivity contribution in [2.75, 3.05) is 13.2 Å². The molecule has 1 aromatic carbocycles. The van der Waals surface area contributed by atoms with Crippen LogP contribution < -0.4 is 0 Å². The first kappa shape index (κ1) is 11.4. The first-order chi connectivity index (χ1) is 7.75. The third kappa shape index (κ3) is 2.93. The number of hydrogen-bond acceptors (Lipinski definition) is 3. The van der Waals surface area contributed by atoms with E-state index in [0.29, 0.717) is 12.0 Å². The zero-order valence-corrected chi connectivity index (χ0v) is 10.5. The van der Waals surface area contributed by atoms with Crippen LogP contribution in [0.25, 0.3) is 0 Å². The highest BCUT2D eigenvalue weighted by Crippen LogP contribution is 2.21. The SMILES string of the molecule is C[SiH](OC(=O)Cc1ccccc1)C1COC1. The van der Waals surface area contributed by atoms with Gasteiger partial charge in [0.2, 0.25) is 9.04 Å². The van der Waals surface area contributed by atoms with Crippen LogP contribution in [-0.4, -0.2) is 28.2 Å². The van der Waals surface area contributed by atoms with Crippen molar-refractivity contribution in [2.45, 2.75) is 18.5 Å². The standard InChI is InChI=1S/C12H16O3Si/c1-16(11-8-14-9-11)15-12(13)7-10-5-3-2-4-6-10/h2-6,11,16H,7-9H2,1H3.